The van der Waals surface area contributed by atoms with Gasteiger partial charge in [0.2, 0.25) is 16.9 Å². The number of rotatable bonds is 5. The van der Waals surface area contributed by atoms with Gasteiger partial charge >= 0.3 is 0 Å². The molecule has 0 aromatic carbocycles. The summed E-state index contributed by atoms with van der Waals surface area (Å²) in [6, 6.07) is 2.24. The lowest BCUT2D eigenvalue weighted by Crippen LogP contribution is -2.36. The van der Waals surface area contributed by atoms with Crippen molar-refractivity contribution in [1.82, 2.24) is 14.9 Å². The van der Waals surface area contributed by atoms with Crippen LogP contribution in [0.4, 0.5) is 0 Å². The van der Waals surface area contributed by atoms with E-state index in [1.165, 1.54) is 26.2 Å². The molecular formula is C11H15N3O5S. The van der Waals surface area contributed by atoms with Crippen molar-refractivity contribution in [1.29, 1.82) is 0 Å². The lowest BCUT2D eigenvalue weighted by atomic mass is 10.2. The van der Waals surface area contributed by atoms with Gasteiger partial charge in [0, 0.05) is 7.05 Å². The Balaban J connectivity index is 1.99. The van der Waals surface area contributed by atoms with Crippen molar-refractivity contribution in [3.05, 3.63) is 17.9 Å². The molecule has 2 rings (SSSR count). The van der Waals surface area contributed by atoms with E-state index in [1.807, 2.05) is 0 Å². The van der Waals surface area contributed by atoms with E-state index in [1.54, 1.807) is 0 Å². The molecule has 1 aliphatic heterocycles. The van der Waals surface area contributed by atoms with Gasteiger partial charge in [-0.1, -0.05) is 0 Å². The highest BCUT2D eigenvalue weighted by Crippen LogP contribution is 2.15. The number of nitrogens with zero attached hydrogens (tertiary/aromatic N) is 1. The fourth-order valence-electron chi connectivity index (χ4n) is 1.84. The quantitative estimate of drug-likeness (QED) is 0.678. The number of carbonyl (C=O) groups is 2. The van der Waals surface area contributed by atoms with Crippen LogP contribution in [0.1, 0.15) is 12.2 Å². The van der Waals surface area contributed by atoms with Crippen molar-refractivity contribution in [2.45, 2.75) is 24.1 Å². The van der Waals surface area contributed by atoms with Gasteiger partial charge in [-0.2, -0.15) is 0 Å². The number of imide groups is 1. The summed E-state index contributed by atoms with van der Waals surface area (Å²) < 4.78 is 30.3. The van der Waals surface area contributed by atoms with Crippen LogP contribution in [0.3, 0.4) is 0 Å². The molecule has 0 radical (unpaired) electrons. The van der Waals surface area contributed by atoms with Crippen LogP contribution in [0.2, 0.25) is 0 Å². The van der Waals surface area contributed by atoms with Crippen LogP contribution in [0.25, 0.3) is 0 Å². The molecular weight excluding hydrogens is 286 g/mol. The van der Waals surface area contributed by atoms with Crippen molar-refractivity contribution in [2.24, 2.45) is 0 Å². The maximum atomic E-state index is 11.7. The third-order valence-corrected chi connectivity index (χ3v) is 4.36. The van der Waals surface area contributed by atoms with Gasteiger partial charge in [0.1, 0.15) is 5.76 Å². The number of hydrogen-bond acceptors (Lipinski definition) is 6. The average molecular weight is 301 g/mol. The average Bonchev–Trinajstić information content (AvgIpc) is 2.98. The number of sulfonamides is 1. The first-order valence-corrected chi connectivity index (χ1v) is 7.39. The second kappa shape index (κ2) is 5.35. The van der Waals surface area contributed by atoms with Crippen LogP contribution in [0.5, 0.6) is 0 Å². The third-order valence-electron chi connectivity index (χ3n) is 3.07. The third kappa shape index (κ3) is 2.74. The highest BCUT2D eigenvalue weighted by molar-refractivity contribution is 7.89. The van der Waals surface area contributed by atoms with Crippen LogP contribution in [0, 0.1) is 0 Å². The first-order valence-electron chi connectivity index (χ1n) is 5.91. The van der Waals surface area contributed by atoms with E-state index in [9.17, 15) is 18.0 Å². The Bertz CT molecular complexity index is 636. The zero-order valence-corrected chi connectivity index (χ0v) is 11.9. The number of likely N-dealkylation sites (N-methyl/N-ethyl adjacent to an activating group) is 1. The van der Waals surface area contributed by atoms with Gasteiger partial charge in [0.05, 0.1) is 19.0 Å². The van der Waals surface area contributed by atoms with Crippen LogP contribution >= 0.6 is 0 Å². The summed E-state index contributed by atoms with van der Waals surface area (Å²) in [6.07, 6.45) is 0.0950. The molecule has 1 unspecified atom stereocenters. The summed E-state index contributed by atoms with van der Waals surface area (Å²) >= 11 is 0. The molecule has 110 valence electrons. The molecule has 2 heterocycles. The van der Waals surface area contributed by atoms with Crippen LogP contribution in [-0.4, -0.2) is 45.3 Å². The lowest BCUT2D eigenvalue weighted by molar-refractivity contribution is -0.137. The summed E-state index contributed by atoms with van der Waals surface area (Å²) in [7, 11) is -0.903. The van der Waals surface area contributed by atoms with Crippen molar-refractivity contribution >= 4 is 21.8 Å². The van der Waals surface area contributed by atoms with E-state index >= 15 is 0 Å². The molecule has 0 bridgehead atoms. The monoisotopic (exact) mass is 301 g/mol. The Kier molecular flexibility index (Phi) is 3.93. The van der Waals surface area contributed by atoms with E-state index in [0.717, 1.165) is 4.90 Å². The highest BCUT2D eigenvalue weighted by atomic mass is 32.2. The standard InChI is InChI=1S/C11H15N3O5S/c1-12-20(17,18)10-4-3-7(19-10)6-13-8-5-9(15)14(2)11(8)16/h3-4,8,12-13H,5-6H2,1-2H3. The molecule has 0 saturated carbocycles. The Morgan fingerprint density at radius 1 is 1.40 bits per heavy atom. The maximum Gasteiger partial charge on any atom is 0.273 e. The summed E-state index contributed by atoms with van der Waals surface area (Å²) in [5, 5.41) is 2.68. The molecule has 2 amide bonds. The topological polar surface area (TPSA) is 109 Å². The number of nitrogens with one attached hydrogen (secondary N) is 2. The van der Waals surface area contributed by atoms with Crippen molar-refractivity contribution < 1.29 is 22.4 Å². The second-order valence-electron chi connectivity index (χ2n) is 4.36. The van der Waals surface area contributed by atoms with Crippen LogP contribution in [0.15, 0.2) is 21.6 Å². The van der Waals surface area contributed by atoms with Gasteiger partial charge in [0.15, 0.2) is 0 Å². The fourth-order valence-corrected chi connectivity index (χ4v) is 2.50. The predicted molar refractivity (Wildman–Crippen MR) is 68.0 cm³/mol. The Morgan fingerprint density at radius 2 is 2.10 bits per heavy atom. The number of amides is 2. The van der Waals surface area contributed by atoms with Gasteiger partial charge in [0.25, 0.3) is 10.0 Å². The smallest absolute Gasteiger partial charge is 0.273 e. The van der Waals surface area contributed by atoms with Crippen molar-refractivity contribution in [3.63, 3.8) is 0 Å². The van der Waals surface area contributed by atoms with Gasteiger partial charge in [-0.3, -0.25) is 19.8 Å². The highest BCUT2D eigenvalue weighted by Gasteiger charge is 2.35. The second-order valence-corrected chi connectivity index (χ2v) is 6.17. The lowest BCUT2D eigenvalue weighted by Gasteiger charge is -2.09. The van der Waals surface area contributed by atoms with E-state index < -0.39 is 16.1 Å². The molecule has 8 nitrogen and oxygen atoms in total. The predicted octanol–water partition coefficient (Wildman–Crippen LogP) is -0.965. The summed E-state index contributed by atoms with van der Waals surface area (Å²) in [4.78, 5) is 24.1. The number of hydrogen-bond donors (Lipinski definition) is 2. The SMILES string of the molecule is CNS(=O)(=O)c1ccc(CNC2CC(=O)N(C)C2=O)o1. The number of carbonyl (C=O) groups excluding carboxylic acids is 2. The van der Waals surface area contributed by atoms with E-state index in [0.29, 0.717) is 5.76 Å². The maximum absolute atomic E-state index is 11.7. The number of furan rings is 1. The van der Waals surface area contributed by atoms with Crippen LogP contribution < -0.4 is 10.0 Å². The van der Waals surface area contributed by atoms with Gasteiger partial charge < -0.3 is 4.42 Å². The van der Waals surface area contributed by atoms with Crippen molar-refractivity contribution in [3.8, 4) is 0 Å². The molecule has 0 aliphatic carbocycles. The normalized spacial score (nSPS) is 19.9. The Labute approximate surface area is 116 Å². The molecule has 20 heavy (non-hydrogen) atoms. The minimum Gasteiger partial charge on any atom is -0.447 e. The van der Waals surface area contributed by atoms with E-state index in [2.05, 4.69) is 10.0 Å². The van der Waals surface area contributed by atoms with Crippen molar-refractivity contribution in [2.75, 3.05) is 14.1 Å². The number of likely N-dealkylation sites (tertiary alicyclic amines) is 1. The molecule has 1 atom stereocenters. The molecule has 1 fully saturated rings. The first kappa shape index (κ1) is 14.7. The molecule has 1 aromatic rings. The summed E-state index contributed by atoms with van der Waals surface area (Å²) in [5.41, 5.74) is 0. The molecule has 1 aliphatic rings. The minimum absolute atomic E-state index is 0.0950. The molecule has 2 N–H and O–H groups in total. The minimum atomic E-state index is -3.62. The van der Waals surface area contributed by atoms with Gasteiger partial charge in [-0.15, -0.1) is 0 Å². The summed E-state index contributed by atoms with van der Waals surface area (Å²) in [6.45, 7) is 0.163. The molecule has 0 spiro atoms. The first-order chi connectivity index (χ1) is 9.35. The molecule has 1 saturated heterocycles. The Morgan fingerprint density at radius 3 is 2.65 bits per heavy atom. The fraction of sp³-hybridized carbons (Fsp3) is 0.455. The molecule has 9 heteroatoms. The van der Waals surface area contributed by atoms with Gasteiger partial charge in [-0.05, 0) is 19.2 Å². The van der Waals surface area contributed by atoms with E-state index in [-0.39, 0.29) is 29.9 Å². The Hall–Kier alpha value is -1.71. The largest absolute Gasteiger partial charge is 0.447 e. The molecule has 1 aromatic heterocycles. The zero-order chi connectivity index (χ0) is 14.9. The zero-order valence-electron chi connectivity index (χ0n) is 11.0. The van der Waals surface area contributed by atoms with Crippen LogP contribution in [-0.2, 0) is 26.2 Å². The summed E-state index contributed by atoms with van der Waals surface area (Å²) in [5.74, 6) is -0.177. The van der Waals surface area contributed by atoms with E-state index in [4.69, 9.17) is 4.42 Å². The van der Waals surface area contributed by atoms with Gasteiger partial charge in [-0.25, -0.2) is 13.1 Å².